The van der Waals surface area contributed by atoms with Gasteiger partial charge in [-0.25, -0.2) is 4.68 Å². The molecule has 98 valence electrons. The van der Waals surface area contributed by atoms with Crippen LogP contribution < -0.4 is 0 Å². The van der Waals surface area contributed by atoms with Crippen LogP contribution in [0.15, 0.2) is 18.2 Å². The number of nitrogens with zero attached hydrogens (tertiary/aromatic N) is 3. The first kappa shape index (κ1) is 13.7. The third-order valence-electron chi connectivity index (χ3n) is 2.75. The summed E-state index contributed by atoms with van der Waals surface area (Å²) in [6.07, 6.45) is 0. The Morgan fingerprint density at radius 1 is 1.39 bits per heavy atom. The predicted molar refractivity (Wildman–Crippen MR) is 80.5 cm³/mol. The summed E-state index contributed by atoms with van der Waals surface area (Å²) >= 11 is 2.31. The lowest BCUT2D eigenvalue weighted by Gasteiger charge is -2.24. The maximum atomic E-state index is 5.52. The average molecular weight is 359 g/mol. The number of rotatable bonds is 5. The topological polar surface area (TPSA) is 39.9 Å². The molecular weight excluding hydrogens is 341 g/mol. The lowest BCUT2D eigenvalue weighted by atomic mass is 9.95. The Morgan fingerprint density at radius 3 is 2.89 bits per heavy atom. The highest BCUT2D eigenvalue weighted by Crippen LogP contribution is 2.22. The second-order valence-electron chi connectivity index (χ2n) is 5.18. The van der Waals surface area contributed by atoms with E-state index in [4.69, 9.17) is 4.74 Å². The fourth-order valence-electron chi connectivity index (χ4n) is 1.88. The first-order valence-electron chi connectivity index (χ1n) is 6.08. The monoisotopic (exact) mass is 359 g/mol. The molecule has 0 saturated carbocycles. The lowest BCUT2D eigenvalue weighted by Crippen LogP contribution is -2.26. The van der Waals surface area contributed by atoms with E-state index in [1.807, 2.05) is 23.7 Å². The van der Waals surface area contributed by atoms with Crippen LogP contribution in [0.4, 0.5) is 0 Å². The Balaban J connectivity index is 2.23. The minimum atomic E-state index is 0.0535. The molecule has 0 N–H and O–H groups in total. The molecule has 0 spiro atoms. The molecule has 1 aromatic carbocycles. The molecule has 0 unspecified atom stereocenters. The molecule has 0 saturated heterocycles. The number of benzene rings is 1. The van der Waals surface area contributed by atoms with Crippen LogP contribution in [0.3, 0.4) is 0 Å². The quantitative estimate of drug-likeness (QED) is 0.771. The molecule has 1 aromatic heterocycles. The van der Waals surface area contributed by atoms with E-state index in [0.717, 1.165) is 30.8 Å². The van der Waals surface area contributed by atoms with Crippen LogP contribution in [0.1, 0.15) is 20.8 Å². The Labute approximate surface area is 121 Å². The Hall–Kier alpha value is -0.690. The largest absolute Gasteiger partial charge is 0.381 e. The van der Waals surface area contributed by atoms with Crippen LogP contribution in [0.5, 0.6) is 0 Å². The highest BCUT2D eigenvalue weighted by Gasteiger charge is 2.20. The Kier molecular flexibility index (Phi) is 4.21. The number of halogens is 1. The number of hydrogen-bond acceptors (Lipinski definition) is 3. The van der Waals surface area contributed by atoms with Crippen molar-refractivity contribution < 1.29 is 4.74 Å². The van der Waals surface area contributed by atoms with Gasteiger partial charge in [-0.05, 0) is 47.7 Å². The van der Waals surface area contributed by atoms with Gasteiger partial charge in [-0.3, -0.25) is 0 Å². The molecule has 0 bridgehead atoms. The zero-order chi connectivity index (χ0) is 13.2. The molecule has 0 aliphatic rings. The van der Waals surface area contributed by atoms with Crippen LogP contribution in [0.25, 0.3) is 11.0 Å². The van der Waals surface area contributed by atoms with Gasteiger partial charge in [0.25, 0.3) is 0 Å². The molecule has 0 radical (unpaired) electrons. The van der Waals surface area contributed by atoms with E-state index in [9.17, 15) is 0 Å². The maximum absolute atomic E-state index is 5.52. The van der Waals surface area contributed by atoms with E-state index in [-0.39, 0.29) is 5.41 Å². The van der Waals surface area contributed by atoms with E-state index in [1.54, 1.807) is 0 Å². The van der Waals surface area contributed by atoms with Gasteiger partial charge in [0.1, 0.15) is 5.52 Å². The summed E-state index contributed by atoms with van der Waals surface area (Å²) in [5.41, 5.74) is 2.09. The summed E-state index contributed by atoms with van der Waals surface area (Å²) in [5.74, 6) is 0. The molecule has 0 atom stereocenters. The Bertz CT molecular complexity index is 536. The summed E-state index contributed by atoms with van der Waals surface area (Å²) in [5, 5.41) is 8.43. The molecule has 18 heavy (non-hydrogen) atoms. The summed E-state index contributed by atoms with van der Waals surface area (Å²) in [6.45, 7) is 8.68. The van der Waals surface area contributed by atoms with Crippen molar-refractivity contribution in [3.8, 4) is 0 Å². The molecule has 2 aromatic rings. The minimum Gasteiger partial charge on any atom is -0.381 e. The van der Waals surface area contributed by atoms with Crippen LogP contribution in [-0.4, -0.2) is 28.2 Å². The highest BCUT2D eigenvalue weighted by atomic mass is 127. The SMILES string of the molecule is CCOCC(C)(C)Cn1nnc2ccc(I)cc21. The molecule has 0 aliphatic carbocycles. The fraction of sp³-hybridized carbons (Fsp3) is 0.538. The molecule has 2 rings (SSSR count). The number of hydrogen-bond donors (Lipinski definition) is 0. The van der Waals surface area contributed by atoms with E-state index in [0.29, 0.717) is 0 Å². The second-order valence-corrected chi connectivity index (χ2v) is 6.43. The molecule has 4 nitrogen and oxygen atoms in total. The van der Waals surface area contributed by atoms with Gasteiger partial charge in [-0.2, -0.15) is 0 Å². The third kappa shape index (κ3) is 3.20. The van der Waals surface area contributed by atoms with Gasteiger partial charge in [-0.15, -0.1) is 5.10 Å². The summed E-state index contributed by atoms with van der Waals surface area (Å²) in [7, 11) is 0. The summed E-state index contributed by atoms with van der Waals surface area (Å²) in [6, 6.07) is 6.18. The number of ether oxygens (including phenoxy) is 1. The third-order valence-corrected chi connectivity index (χ3v) is 3.42. The molecule has 5 heteroatoms. The standard InChI is InChI=1S/C13H18IN3O/c1-4-18-9-13(2,3)8-17-12-7-10(14)5-6-11(12)15-16-17/h5-7H,4,8-9H2,1-3H3. The van der Waals surface area contributed by atoms with Gasteiger partial charge in [-0.1, -0.05) is 19.1 Å². The van der Waals surface area contributed by atoms with E-state index in [2.05, 4.69) is 52.8 Å². The molecule has 0 fully saturated rings. The van der Waals surface area contributed by atoms with Crippen molar-refractivity contribution in [3.63, 3.8) is 0 Å². The van der Waals surface area contributed by atoms with E-state index in [1.165, 1.54) is 3.57 Å². The van der Waals surface area contributed by atoms with Crippen molar-refractivity contribution in [2.24, 2.45) is 5.41 Å². The van der Waals surface area contributed by atoms with Crippen molar-refractivity contribution in [1.82, 2.24) is 15.0 Å². The fourth-order valence-corrected chi connectivity index (χ4v) is 2.36. The van der Waals surface area contributed by atoms with Crippen molar-refractivity contribution in [2.75, 3.05) is 13.2 Å². The zero-order valence-corrected chi connectivity index (χ0v) is 13.1. The van der Waals surface area contributed by atoms with Gasteiger partial charge in [0.05, 0.1) is 18.7 Å². The van der Waals surface area contributed by atoms with Gasteiger partial charge >= 0.3 is 0 Å². The van der Waals surface area contributed by atoms with Crippen molar-refractivity contribution >= 4 is 33.6 Å². The Morgan fingerprint density at radius 2 is 2.17 bits per heavy atom. The minimum absolute atomic E-state index is 0.0535. The van der Waals surface area contributed by atoms with Crippen LogP contribution in [-0.2, 0) is 11.3 Å². The number of fused-ring (bicyclic) bond motifs is 1. The van der Waals surface area contributed by atoms with Gasteiger partial charge in [0.2, 0.25) is 0 Å². The van der Waals surface area contributed by atoms with Crippen LogP contribution >= 0.6 is 22.6 Å². The van der Waals surface area contributed by atoms with Crippen molar-refractivity contribution in [3.05, 3.63) is 21.8 Å². The molecular formula is C13H18IN3O. The van der Waals surface area contributed by atoms with Crippen LogP contribution in [0, 0.1) is 8.99 Å². The first-order valence-corrected chi connectivity index (χ1v) is 7.16. The van der Waals surface area contributed by atoms with E-state index < -0.39 is 0 Å². The molecule has 0 amide bonds. The van der Waals surface area contributed by atoms with Crippen molar-refractivity contribution in [1.29, 1.82) is 0 Å². The number of aromatic nitrogens is 3. The van der Waals surface area contributed by atoms with Gasteiger partial charge < -0.3 is 4.74 Å². The summed E-state index contributed by atoms with van der Waals surface area (Å²) in [4.78, 5) is 0. The zero-order valence-electron chi connectivity index (χ0n) is 11.0. The van der Waals surface area contributed by atoms with Gasteiger partial charge in [0, 0.05) is 15.6 Å². The van der Waals surface area contributed by atoms with Crippen LogP contribution in [0.2, 0.25) is 0 Å². The van der Waals surface area contributed by atoms with Gasteiger partial charge in [0.15, 0.2) is 0 Å². The highest BCUT2D eigenvalue weighted by molar-refractivity contribution is 14.1. The average Bonchev–Trinajstić information content (AvgIpc) is 2.69. The second kappa shape index (κ2) is 5.52. The maximum Gasteiger partial charge on any atom is 0.113 e. The molecule has 1 heterocycles. The van der Waals surface area contributed by atoms with E-state index >= 15 is 0 Å². The lowest BCUT2D eigenvalue weighted by molar-refractivity contribution is 0.0594. The smallest absolute Gasteiger partial charge is 0.113 e. The summed E-state index contributed by atoms with van der Waals surface area (Å²) < 4.78 is 8.69. The molecule has 0 aliphatic heterocycles. The predicted octanol–water partition coefficient (Wildman–Crippen LogP) is 3.10. The van der Waals surface area contributed by atoms with Crippen molar-refractivity contribution in [2.45, 2.75) is 27.3 Å². The first-order chi connectivity index (χ1) is 8.52. The normalized spacial score (nSPS) is 12.2.